The molecule has 1 spiro atoms. The minimum Gasteiger partial charge on any atom is -0.450 e. The maximum Gasteiger partial charge on any atom is 0.335 e. The highest BCUT2D eigenvalue weighted by Crippen LogP contribution is 2.42. The average Bonchev–Trinajstić information content (AvgIpc) is 3.05. The fraction of sp³-hybridized carbons (Fsp3) is 0.375. The van der Waals surface area contributed by atoms with Crippen LogP contribution in [0.2, 0.25) is 0 Å². The van der Waals surface area contributed by atoms with Gasteiger partial charge in [0, 0.05) is 49.6 Å². The summed E-state index contributed by atoms with van der Waals surface area (Å²) in [5.41, 5.74) is 2.32. The molecule has 33 heavy (non-hydrogen) atoms. The third-order valence-corrected chi connectivity index (χ3v) is 8.19. The molecule has 1 fully saturated rings. The van der Waals surface area contributed by atoms with E-state index in [0.29, 0.717) is 11.3 Å². The summed E-state index contributed by atoms with van der Waals surface area (Å²) >= 11 is 0. The number of nitrogens with zero attached hydrogens (tertiary/aromatic N) is 2. The van der Waals surface area contributed by atoms with Crippen molar-refractivity contribution in [1.29, 1.82) is 0 Å². The number of hydrogen-bond donors (Lipinski definition) is 1. The Morgan fingerprint density at radius 2 is 1.70 bits per heavy atom. The smallest absolute Gasteiger partial charge is 0.335 e. The van der Waals surface area contributed by atoms with E-state index in [4.69, 9.17) is 4.74 Å². The standard InChI is InChI=1S/C24H27N3O5S/c1-3-33(30,31)27-14-10-24(11-15-27)21(17(2)23(29)32-24)22(28)26-20-6-4-18(5-7-20)16-19-8-12-25-13-9-19/h4-9,12-13H,3,10-11,14-16H2,1-2H3,(H,26,28). The zero-order chi connectivity index (χ0) is 23.6. The van der Waals surface area contributed by atoms with Crippen LogP contribution in [0.3, 0.4) is 0 Å². The SMILES string of the molecule is CCS(=O)(=O)N1CCC2(CC1)OC(=O)C(C)=C2C(=O)Nc1ccc(Cc2ccncc2)cc1. The Hall–Kier alpha value is -3.04. The van der Waals surface area contributed by atoms with E-state index in [1.54, 1.807) is 26.2 Å². The van der Waals surface area contributed by atoms with E-state index < -0.39 is 27.5 Å². The van der Waals surface area contributed by atoms with Gasteiger partial charge in [-0.15, -0.1) is 0 Å². The van der Waals surface area contributed by atoms with E-state index in [1.807, 2.05) is 36.4 Å². The first-order valence-electron chi connectivity index (χ1n) is 11.0. The Bertz CT molecular complexity index is 1180. The normalized spacial score (nSPS) is 18.4. The quantitative estimate of drug-likeness (QED) is 0.652. The van der Waals surface area contributed by atoms with Crippen LogP contribution < -0.4 is 5.32 Å². The molecule has 1 aromatic carbocycles. The number of anilines is 1. The number of sulfonamides is 1. The van der Waals surface area contributed by atoms with Crippen LogP contribution in [0.5, 0.6) is 0 Å². The second-order valence-electron chi connectivity index (χ2n) is 8.37. The largest absolute Gasteiger partial charge is 0.450 e. The minimum atomic E-state index is -3.33. The molecule has 9 heteroatoms. The molecule has 2 aromatic rings. The molecule has 0 bridgehead atoms. The number of rotatable bonds is 6. The van der Waals surface area contributed by atoms with Gasteiger partial charge in [-0.1, -0.05) is 12.1 Å². The Labute approximate surface area is 193 Å². The number of aromatic nitrogens is 1. The lowest BCUT2D eigenvalue weighted by Gasteiger charge is -2.38. The fourth-order valence-corrected chi connectivity index (χ4v) is 5.53. The molecule has 1 N–H and O–H groups in total. The molecule has 1 amide bonds. The Kier molecular flexibility index (Phi) is 6.36. The van der Waals surface area contributed by atoms with Crippen LogP contribution in [0, 0.1) is 0 Å². The third-order valence-electron chi connectivity index (χ3n) is 6.31. The molecule has 0 aliphatic carbocycles. The molecular formula is C24H27N3O5S. The summed E-state index contributed by atoms with van der Waals surface area (Å²) in [6, 6.07) is 11.4. The zero-order valence-electron chi connectivity index (χ0n) is 18.7. The molecule has 2 aliphatic heterocycles. The summed E-state index contributed by atoms with van der Waals surface area (Å²) in [4.78, 5) is 29.6. The predicted octanol–water partition coefficient (Wildman–Crippen LogP) is 2.67. The number of pyridine rings is 1. The number of hydrogen-bond acceptors (Lipinski definition) is 6. The van der Waals surface area contributed by atoms with Crippen molar-refractivity contribution < 1.29 is 22.7 Å². The summed E-state index contributed by atoms with van der Waals surface area (Å²) in [6.45, 7) is 3.59. The number of esters is 1. The monoisotopic (exact) mass is 469 g/mol. The molecule has 0 saturated carbocycles. The van der Waals surface area contributed by atoms with Gasteiger partial charge in [-0.3, -0.25) is 9.78 Å². The van der Waals surface area contributed by atoms with Crippen molar-refractivity contribution >= 4 is 27.6 Å². The van der Waals surface area contributed by atoms with Crippen LogP contribution in [-0.4, -0.2) is 54.0 Å². The second kappa shape index (κ2) is 9.07. The van der Waals surface area contributed by atoms with Gasteiger partial charge in [-0.05, 0) is 55.7 Å². The first-order valence-corrected chi connectivity index (χ1v) is 12.6. The molecule has 0 radical (unpaired) electrons. The highest BCUT2D eigenvalue weighted by molar-refractivity contribution is 7.89. The van der Waals surface area contributed by atoms with Crippen LogP contribution in [0.15, 0.2) is 59.9 Å². The molecule has 1 aromatic heterocycles. The molecular weight excluding hydrogens is 442 g/mol. The maximum absolute atomic E-state index is 13.2. The lowest BCUT2D eigenvalue weighted by Crippen LogP contribution is -2.49. The number of carbonyl (C=O) groups excluding carboxylic acids is 2. The number of benzene rings is 1. The van der Waals surface area contributed by atoms with Crippen molar-refractivity contribution in [3.8, 4) is 0 Å². The second-order valence-corrected chi connectivity index (χ2v) is 10.6. The topological polar surface area (TPSA) is 106 Å². The minimum absolute atomic E-state index is 0.0131. The van der Waals surface area contributed by atoms with Gasteiger partial charge in [0.25, 0.3) is 5.91 Å². The van der Waals surface area contributed by atoms with Gasteiger partial charge in [0.05, 0.1) is 11.3 Å². The van der Waals surface area contributed by atoms with Crippen molar-refractivity contribution in [3.05, 3.63) is 71.1 Å². The van der Waals surface area contributed by atoms with Gasteiger partial charge < -0.3 is 10.1 Å². The number of nitrogens with one attached hydrogen (secondary N) is 1. The van der Waals surface area contributed by atoms with Crippen molar-refractivity contribution in [2.45, 2.75) is 38.7 Å². The summed E-state index contributed by atoms with van der Waals surface area (Å²) in [7, 11) is -3.33. The zero-order valence-corrected chi connectivity index (χ0v) is 19.5. The first kappa shape index (κ1) is 23.1. The molecule has 174 valence electrons. The molecule has 0 atom stereocenters. The van der Waals surface area contributed by atoms with Crippen molar-refractivity contribution in [2.75, 3.05) is 24.2 Å². The van der Waals surface area contributed by atoms with E-state index in [2.05, 4.69) is 10.3 Å². The Morgan fingerprint density at radius 3 is 2.30 bits per heavy atom. The van der Waals surface area contributed by atoms with Crippen molar-refractivity contribution in [3.63, 3.8) is 0 Å². The molecule has 1 saturated heterocycles. The highest BCUT2D eigenvalue weighted by atomic mass is 32.2. The van der Waals surface area contributed by atoms with Crippen LogP contribution in [-0.2, 0) is 30.8 Å². The van der Waals surface area contributed by atoms with Gasteiger partial charge in [-0.2, -0.15) is 0 Å². The first-order chi connectivity index (χ1) is 15.7. The van der Waals surface area contributed by atoms with Crippen LogP contribution in [0.1, 0.15) is 37.8 Å². The molecule has 2 aliphatic rings. The van der Waals surface area contributed by atoms with Gasteiger partial charge in [0.2, 0.25) is 10.0 Å². The van der Waals surface area contributed by atoms with E-state index in [9.17, 15) is 18.0 Å². The van der Waals surface area contributed by atoms with Gasteiger partial charge >= 0.3 is 5.97 Å². The summed E-state index contributed by atoms with van der Waals surface area (Å²) < 4.78 is 31.5. The van der Waals surface area contributed by atoms with Gasteiger partial charge in [0.1, 0.15) is 5.60 Å². The average molecular weight is 470 g/mol. The lowest BCUT2D eigenvalue weighted by atomic mass is 9.83. The van der Waals surface area contributed by atoms with E-state index in [0.717, 1.165) is 17.5 Å². The number of carbonyl (C=O) groups is 2. The van der Waals surface area contributed by atoms with Crippen LogP contribution in [0.4, 0.5) is 5.69 Å². The highest BCUT2D eigenvalue weighted by Gasteiger charge is 2.51. The summed E-state index contributed by atoms with van der Waals surface area (Å²) in [5.74, 6) is -0.911. The Balaban J connectivity index is 1.48. The molecule has 8 nitrogen and oxygen atoms in total. The third kappa shape index (κ3) is 4.69. The maximum atomic E-state index is 13.2. The van der Waals surface area contributed by atoms with Crippen molar-refractivity contribution in [2.24, 2.45) is 0 Å². The Morgan fingerprint density at radius 1 is 1.09 bits per heavy atom. The number of ether oxygens (including phenoxy) is 1. The summed E-state index contributed by atoms with van der Waals surface area (Å²) in [5, 5.41) is 2.88. The summed E-state index contributed by atoms with van der Waals surface area (Å²) in [6.07, 6.45) is 4.77. The van der Waals surface area contributed by atoms with E-state index in [-0.39, 0.29) is 37.3 Å². The van der Waals surface area contributed by atoms with Gasteiger partial charge in [-0.25, -0.2) is 17.5 Å². The van der Waals surface area contributed by atoms with Gasteiger partial charge in [0.15, 0.2) is 0 Å². The van der Waals surface area contributed by atoms with E-state index in [1.165, 1.54) is 4.31 Å². The van der Waals surface area contributed by atoms with Crippen molar-refractivity contribution in [1.82, 2.24) is 9.29 Å². The molecule has 4 rings (SSSR count). The fourth-order valence-electron chi connectivity index (χ4n) is 4.42. The number of piperidine rings is 1. The van der Waals surface area contributed by atoms with E-state index >= 15 is 0 Å². The van der Waals surface area contributed by atoms with Crippen LogP contribution >= 0.6 is 0 Å². The lowest BCUT2D eigenvalue weighted by molar-refractivity contribution is -0.149. The molecule has 3 heterocycles. The van der Waals surface area contributed by atoms with Crippen LogP contribution in [0.25, 0.3) is 0 Å². The molecule has 0 unspecified atom stereocenters. The predicted molar refractivity (Wildman–Crippen MR) is 124 cm³/mol. The number of amides is 1.